The van der Waals surface area contributed by atoms with E-state index in [0.717, 1.165) is 16.6 Å². The second-order valence-corrected chi connectivity index (χ2v) is 4.34. The zero-order valence-corrected chi connectivity index (χ0v) is 12.7. The smallest absolute Gasteiger partial charge is 0.383 e. The van der Waals surface area contributed by atoms with Crippen molar-refractivity contribution in [1.82, 2.24) is 15.0 Å². The Morgan fingerprint density at radius 2 is 1.82 bits per heavy atom. The first kappa shape index (κ1) is 16.2. The molecular formula is C17H14LiN3O. The molecule has 1 aromatic heterocycles. The van der Waals surface area contributed by atoms with Crippen molar-refractivity contribution >= 4 is 11.0 Å². The Kier molecular flexibility index (Phi) is 5.69. The molecule has 0 aliphatic carbocycles. The summed E-state index contributed by atoms with van der Waals surface area (Å²) in [6.07, 6.45) is 0.482. The summed E-state index contributed by atoms with van der Waals surface area (Å²) in [6.45, 7) is 2.44. The zero-order chi connectivity index (χ0) is 14.5. The SMILES string of the molecule is CCO[C-](C#Cc1ccccc1)n1nnc2ccccc21.[Li+]. The van der Waals surface area contributed by atoms with Gasteiger partial charge in [-0.3, -0.25) is 4.68 Å². The minimum atomic E-state index is 0. The molecule has 0 spiro atoms. The Bertz CT molecular complexity index is 790. The summed E-state index contributed by atoms with van der Waals surface area (Å²) in [6, 6.07) is 17.5. The van der Waals surface area contributed by atoms with E-state index < -0.39 is 0 Å². The number of hydrogen-bond acceptors (Lipinski definition) is 3. The normalized spacial score (nSPS) is 9.68. The van der Waals surface area contributed by atoms with E-state index in [1.54, 1.807) is 4.68 Å². The number of aromatic nitrogens is 3. The Morgan fingerprint density at radius 1 is 1.09 bits per heavy atom. The molecule has 3 aromatic rings. The fourth-order valence-electron chi connectivity index (χ4n) is 1.95. The quantitative estimate of drug-likeness (QED) is 0.382. The van der Waals surface area contributed by atoms with Crippen molar-refractivity contribution in [2.24, 2.45) is 0 Å². The average Bonchev–Trinajstić information content (AvgIpc) is 2.96. The van der Waals surface area contributed by atoms with Crippen molar-refractivity contribution in [3.8, 4) is 11.8 Å². The van der Waals surface area contributed by atoms with Crippen molar-refractivity contribution in [2.45, 2.75) is 6.92 Å². The van der Waals surface area contributed by atoms with Gasteiger partial charge in [-0.25, -0.2) is 5.92 Å². The molecule has 1 heterocycles. The molecule has 4 nitrogen and oxygen atoms in total. The zero-order valence-electron chi connectivity index (χ0n) is 12.7. The molecule has 5 heteroatoms. The predicted octanol–water partition coefficient (Wildman–Crippen LogP) is -0.139. The first-order chi connectivity index (χ1) is 10.4. The summed E-state index contributed by atoms with van der Waals surface area (Å²) in [5.41, 5.74) is 2.62. The third-order valence-electron chi connectivity index (χ3n) is 2.91. The molecule has 0 saturated heterocycles. The summed E-state index contributed by atoms with van der Waals surface area (Å²) in [5.74, 6) is 6.12. The van der Waals surface area contributed by atoms with Crippen LogP contribution in [0.2, 0.25) is 0 Å². The van der Waals surface area contributed by atoms with E-state index in [2.05, 4.69) is 22.2 Å². The molecule has 104 valence electrons. The first-order valence-electron chi connectivity index (χ1n) is 6.76. The van der Waals surface area contributed by atoms with Crippen molar-refractivity contribution < 1.29 is 23.6 Å². The minimum absolute atomic E-state index is 0. The first-order valence-corrected chi connectivity index (χ1v) is 6.76. The van der Waals surface area contributed by atoms with E-state index in [-0.39, 0.29) is 18.9 Å². The molecule has 0 amide bonds. The fraction of sp³-hybridized carbons (Fsp3) is 0.118. The standard InChI is InChI=1S/C17H14N3O.Li/c1-2-21-17(13-12-14-8-4-3-5-9-14)20-16-11-7-6-10-15(16)18-19-20;/h3-11H,2H2,1H3;/q-1;+1. The van der Waals surface area contributed by atoms with Gasteiger partial charge in [0.25, 0.3) is 0 Å². The second kappa shape index (κ2) is 7.73. The van der Waals surface area contributed by atoms with Gasteiger partial charge in [-0.2, -0.15) is 5.92 Å². The molecule has 0 fully saturated rings. The Labute approximate surface area is 141 Å². The monoisotopic (exact) mass is 283 g/mol. The van der Waals surface area contributed by atoms with Gasteiger partial charge in [0, 0.05) is 6.61 Å². The number of para-hydroxylation sites is 1. The summed E-state index contributed by atoms with van der Waals surface area (Å²) in [7, 11) is 0. The number of benzene rings is 2. The third kappa shape index (κ3) is 3.53. The van der Waals surface area contributed by atoms with Crippen LogP contribution in [0.4, 0.5) is 0 Å². The van der Waals surface area contributed by atoms with Gasteiger partial charge in [0.1, 0.15) is 6.23 Å². The molecule has 0 aliphatic rings. The van der Waals surface area contributed by atoms with E-state index in [0.29, 0.717) is 12.8 Å². The summed E-state index contributed by atoms with van der Waals surface area (Å²) < 4.78 is 7.25. The maximum Gasteiger partial charge on any atom is 1.00 e. The largest absolute Gasteiger partial charge is 1.00 e. The average molecular weight is 283 g/mol. The van der Waals surface area contributed by atoms with Crippen molar-refractivity contribution in [3.05, 3.63) is 66.4 Å². The maximum absolute atomic E-state index is 5.62. The van der Waals surface area contributed by atoms with E-state index in [1.807, 2.05) is 61.5 Å². The molecule has 0 aliphatic heterocycles. The van der Waals surface area contributed by atoms with E-state index in [1.165, 1.54) is 0 Å². The molecule has 0 radical (unpaired) electrons. The predicted molar refractivity (Wildman–Crippen MR) is 81.1 cm³/mol. The van der Waals surface area contributed by atoms with Gasteiger partial charge in [0.05, 0.1) is 5.52 Å². The number of fused-ring (bicyclic) bond motifs is 1. The van der Waals surface area contributed by atoms with Crippen LogP contribution in [-0.4, -0.2) is 21.6 Å². The molecule has 2 aromatic carbocycles. The molecular weight excluding hydrogens is 269 g/mol. The Morgan fingerprint density at radius 3 is 2.59 bits per heavy atom. The Hall–Kier alpha value is -2.17. The van der Waals surface area contributed by atoms with Crippen molar-refractivity contribution in [2.75, 3.05) is 6.61 Å². The van der Waals surface area contributed by atoms with Crippen LogP contribution in [0.15, 0.2) is 54.6 Å². The van der Waals surface area contributed by atoms with Gasteiger partial charge in [0.2, 0.25) is 0 Å². The van der Waals surface area contributed by atoms with Crippen LogP contribution in [-0.2, 0) is 4.74 Å². The fourth-order valence-corrected chi connectivity index (χ4v) is 1.95. The second-order valence-electron chi connectivity index (χ2n) is 4.34. The van der Waals surface area contributed by atoms with Crippen LogP contribution in [0.25, 0.3) is 11.0 Å². The molecule has 0 bridgehead atoms. The van der Waals surface area contributed by atoms with Crippen LogP contribution in [0.5, 0.6) is 0 Å². The Balaban J connectivity index is 0.00000176. The van der Waals surface area contributed by atoms with Crippen LogP contribution in [0.3, 0.4) is 0 Å². The van der Waals surface area contributed by atoms with E-state index in [4.69, 9.17) is 4.74 Å². The molecule has 3 rings (SSSR count). The maximum atomic E-state index is 5.62. The van der Waals surface area contributed by atoms with Gasteiger partial charge >= 0.3 is 18.9 Å². The van der Waals surface area contributed by atoms with E-state index >= 15 is 0 Å². The van der Waals surface area contributed by atoms with Crippen LogP contribution >= 0.6 is 0 Å². The van der Waals surface area contributed by atoms with Gasteiger partial charge in [-0.15, -0.1) is 5.10 Å². The molecule has 0 unspecified atom stereocenters. The topological polar surface area (TPSA) is 39.9 Å². The summed E-state index contributed by atoms with van der Waals surface area (Å²) in [4.78, 5) is 0. The number of rotatable bonds is 3. The summed E-state index contributed by atoms with van der Waals surface area (Å²) in [5, 5.41) is 8.25. The number of hydrogen-bond donors (Lipinski definition) is 0. The van der Waals surface area contributed by atoms with Crippen LogP contribution < -0.4 is 18.9 Å². The number of ether oxygens (including phenoxy) is 1. The molecule has 0 N–H and O–H groups in total. The number of nitrogens with zero attached hydrogens (tertiary/aromatic N) is 3. The molecule has 22 heavy (non-hydrogen) atoms. The van der Waals surface area contributed by atoms with E-state index in [9.17, 15) is 0 Å². The van der Waals surface area contributed by atoms with Crippen molar-refractivity contribution in [1.29, 1.82) is 0 Å². The summed E-state index contributed by atoms with van der Waals surface area (Å²) >= 11 is 0. The van der Waals surface area contributed by atoms with Gasteiger partial charge in [0.15, 0.2) is 0 Å². The van der Waals surface area contributed by atoms with Crippen LogP contribution in [0.1, 0.15) is 12.5 Å². The molecule has 0 saturated carbocycles. The molecule has 0 atom stereocenters. The third-order valence-corrected chi connectivity index (χ3v) is 2.91. The van der Waals surface area contributed by atoms with Crippen molar-refractivity contribution in [3.63, 3.8) is 0 Å². The van der Waals surface area contributed by atoms with Gasteiger partial charge < -0.3 is 4.74 Å². The van der Waals surface area contributed by atoms with Gasteiger partial charge in [-0.05, 0) is 24.1 Å². The minimum Gasteiger partial charge on any atom is -0.383 e. The van der Waals surface area contributed by atoms with Crippen LogP contribution in [0, 0.1) is 18.1 Å². The van der Waals surface area contributed by atoms with Gasteiger partial charge in [-0.1, -0.05) is 53.7 Å².